The molecule has 3 rings (SSSR count). The van der Waals surface area contributed by atoms with E-state index in [0.29, 0.717) is 0 Å². The lowest BCUT2D eigenvalue weighted by Gasteiger charge is -2.41. The lowest BCUT2D eigenvalue weighted by Crippen LogP contribution is -2.44. The molecule has 0 aromatic heterocycles. The molecule has 2 heteroatoms. The van der Waals surface area contributed by atoms with E-state index in [4.69, 9.17) is 0 Å². The summed E-state index contributed by atoms with van der Waals surface area (Å²) in [5.41, 5.74) is 2.54. The average molecular weight is 295 g/mol. The Labute approximate surface area is 133 Å². The third-order valence-corrected chi connectivity index (χ3v) is 4.76. The van der Waals surface area contributed by atoms with E-state index in [0.717, 1.165) is 19.3 Å². The van der Waals surface area contributed by atoms with Gasteiger partial charge in [-0.1, -0.05) is 74.0 Å². The van der Waals surface area contributed by atoms with Crippen molar-refractivity contribution < 1.29 is 5.11 Å². The van der Waals surface area contributed by atoms with Gasteiger partial charge in [0.2, 0.25) is 0 Å². The lowest BCUT2D eigenvalue weighted by molar-refractivity contribution is 0.0262. The summed E-state index contributed by atoms with van der Waals surface area (Å²) >= 11 is 0. The summed E-state index contributed by atoms with van der Waals surface area (Å²) in [7, 11) is 0. The molecule has 0 saturated carbocycles. The molecule has 0 unspecified atom stereocenters. The maximum atomic E-state index is 10.7. The van der Waals surface area contributed by atoms with E-state index in [1.807, 2.05) is 12.1 Å². The number of aliphatic hydroxyl groups excluding tert-OH is 1. The number of piperidine rings is 1. The Morgan fingerprint density at radius 3 is 2.14 bits per heavy atom. The van der Waals surface area contributed by atoms with E-state index in [-0.39, 0.29) is 24.1 Å². The van der Waals surface area contributed by atoms with Crippen LogP contribution in [0.5, 0.6) is 0 Å². The van der Waals surface area contributed by atoms with Gasteiger partial charge in [0.05, 0.1) is 6.10 Å². The molecular formula is C20H25NO. The molecule has 1 heterocycles. The molecule has 0 amide bonds. The minimum absolute atomic E-state index is 0.217. The first-order valence-corrected chi connectivity index (χ1v) is 8.33. The summed E-state index contributed by atoms with van der Waals surface area (Å²) in [4.78, 5) is 0. The number of nitrogens with one attached hydrogen (secondary N) is 1. The molecule has 0 bridgehead atoms. The second-order valence-electron chi connectivity index (χ2n) is 6.27. The number of rotatable bonds is 4. The van der Waals surface area contributed by atoms with Gasteiger partial charge in [-0.15, -0.1) is 0 Å². The number of hydrogen-bond donors (Lipinski definition) is 2. The van der Waals surface area contributed by atoms with Crippen LogP contribution in [0.25, 0.3) is 0 Å². The molecule has 0 aliphatic carbocycles. The van der Waals surface area contributed by atoms with Crippen molar-refractivity contribution in [3.05, 3.63) is 71.8 Å². The Hall–Kier alpha value is -1.64. The molecule has 1 fully saturated rings. The lowest BCUT2D eigenvalue weighted by atomic mass is 9.78. The molecular weight excluding hydrogens is 270 g/mol. The fraction of sp³-hybridized carbons (Fsp3) is 0.400. The topological polar surface area (TPSA) is 32.3 Å². The monoisotopic (exact) mass is 295 g/mol. The summed E-state index contributed by atoms with van der Waals surface area (Å²) in [5.74, 6) is 0.285. The van der Waals surface area contributed by atoms with Crippen LogP contribution in [0.1, 0.15) is 49.4 Å². The highest BCUT2D eigenvalue weighted by Gasteiger charge is 2.37. The van der Waals surface area contributed by atoms with Crippen molar-refractivity contribution in [2.24, 2.45) is 5.92 Å². The molecule has 22 heavy (non-hydrogen) atoms. The van der Waals surface area contributed by atoms with Gasteiger partial charge in [-0.2, -0.15) is 0 Å². The molecule has 1 saturated heterocycles. The van der Waals surface area contributed by atoms with Crippen LogP contribution in [0.3, 0.4) is 0 Å². The van der Waals surface area contributed by atoms with Crippen LogP contribution < -0.4 is 5.32 Å². The summed E-state index contributed by atoms with van der Waals surface area (Å²) in [6.07, 6.45) is 2.69. The van der Waals surface area contributed by atoms with Crippen LogP contribution in [-0.2, 0) is 0 Å². The first kappa shape index (κ1) is 15.3. The summed E-state index contributed by atoms with van der Waals surface area (Å²) in [6, 6.07) is 21.4. The van der Waals surface area contributed by atoms with Crippen LogP contribution in [0.15, 0.2) is 60.7 Å². The van der Waals surface area contributed by atoms with Gasteiger partial charge >= 0.3 is 0 Å². The third-order valence-electron chi connectivity index (χ3n) is 4.76. The maximum Gasteiger partial charge on any atom is 0.0604 e. The standard InChI is InChI=1S/C20H25NO/c1-2-9-17-19(22)14-18(15-10-5-3-6-11-15)21-20(17)16-12-7-4-8-13-16/h3-8,10-13,17-22H,2,9,14H2,1H3/t17-,18+,19+,20-/m1/s1. The van der Waals surface area contributed by atoms with Gasteiger partial charge in [0.1, 0.15) is 0 Å². The van der Waals surface area contributed by atoms with E-state index in [1.54, 1.807) is 0 Å². The Morgan fingerprint density at radius 1 is 0.955 bits per heavy atom. The van der Waals surface area contributed by atoms with Gasteiger partial charge < -0.3 is 10.4 Å². The van der Waals surface area contributed by atoms with E-state index < -0.39 is 0 Å². The van der Waals surface area contributed by atoms with Gasteiger partial charge in [-0.25, -0.2) is 0 Å². The normalized spacial score (nSPS) is 28.5. The molecule has 2 aromatic carbocycles. The van der Waals surface area contributed by atoms with Crippen LogP contribution in [0, 0.1) is 5.92 Å². The minimum atomic E-state index is -0.253. The fourth-order valence-corrected chi connectivity index (χ4v) is 3.66. The highest BCUT2D eigenvalue weighted by atomic mass is 16.3. The van der Waals surface area contributed by atoms with Crippen molar-refractivity contribution >= 4 is 0 Å². The number of benzene rings is 2. The Morgan fingerprint density at radius 2 is 1.55 bits per heavy atom. The van der Waals surface area contributed by atoms with E-state index >= 15 is 0 Å². The summed E-state index contributed by atoms with van der Waals surface area (Å²) < 4.78 is 0. The van der Waals surface area contributed by atoms with Crippen LogP contribution in [-0.4, -0.2) is 11.2 Å². The average Bonchev–Trinajstić information content (AvgIpc) is 2.58. The van der Waals surface area contributed by atoms with Crippen LogP contribution in [0.4, 0.5) is 0 Å². The molecule has 0 radical (unpaired) electrons. The van der Waals surface area contributed by atoms with Gasteiger partial charge in [0.15, 0.2) is 0 Å². The van der Waals surface area contributed by atoms with Crippen molar-refractivity contribution in [1.82, 2.24) is 5.32 Å². The first-order valence-electron chi connectivity index (χ1n) is 8.33. The highest BCUT2D eigenvalue weighted by molar-refractivity contribution is 5.25. The number of hydrogen-bond acceptors (Lipinski definition) is 2. The molecule has 2 aromatic rings. The zero-order valence-corrected chi connectivity index (χ0v) is 13.2. The molecule has 0 spiro atoms. The number of aliphatic hydroxyl groups is 1. The second-order valence-corrected chi connectivity index (χ2v) is 6.27. The molecule has 2 nitrogen and oxygen atoms in total. The molecule has 116 valence electrons. The fourth-order valence-electron chi connectivity index (χ4n) is 3.66. The molecule has 1 aliphatic heterocycles. The Kier molecular flexibility index (Phi) is 4.91. The van der Waals surface area contributed by atoms with Crippen molar-refractivity contribution in [1.29, 1.82) is 0 Å². The largest absolute Gasteiger partial charge is 0.393 e. The van der Waals surface area contributed by atoms with Gasteiger partial charge in [0, 0.05) is 18.0 Å². The van der Waals surface area contributed by atoms with E-state index in [9.17, 15) is 5.11 Å². The van der Waals surface area contributed by atoms with Crippen molar-refractivity contribution in [3.63, 3.8) is 0 Å². The Bertz CT molecular complexity index is 569. The third kappa shape index (κ3) is 3.23. The minimum Gasteiger partial charge on any atom is -0.393 e. The smallest absolute Gasteiger partial charge is 0.0604 e. The molecule has 4 atom stereocenters. The zero-order chi connectivity index (χ0) is 15.4. The Balaban J connectivity index is 1.88. The van der Waals surface area contributed by atoms with Gasteiger partial charge in [-0.05, 0) is 24.0 Å². The zero-order valence-electron chi connectivity index (χ0n) is 13.2. The van der Waals surface area contributed by atoms with Gasteiger partial charge in [0.25, 0.3) is 0 Å². The predicted molar refractivity (Wildman–Crippen MR) is 90.5 cm³/mol. The van der Waals surface area contributed by atoms with Gasteiger partial charge in [-0.3, -0.25) is 0 Å². The second kappa shape index (κ2) is 7.08. The van der Waals surface area contributed by atoms with Crippen LogP contribution in [0.2, 0.25) is 0 Å². The maximum absolute atomic E-state index is 10.7. The van der Waals surface area contributed by atoms with Crippen molar-refractivity contribution in [3.8, 4) is 0 Å². The van der Waals surface area contributed by atoms with E-state index in [1.165, 1.54) is 11.1 Å². The van der Waals surface area contributed by atoms with Crippen molar-refractivity contribution in [2.75, 3.05) is 0 Å². The van der Waals surface area contributed by atoms with Crippen molar-refractivity contribution in [2.45, 2.75) is 44.4 Å². The highest BCUT2D eigenvalue weighted by Crippen LogP contribution is 2.39. The molecule has 1 aliphatic rings. The van der Waals surface area contributed by atoms with E-state index in [2.05, 4.69) is 60.8 Å². The first-order chi connectivity index (χ1) is 10.8. The predicted octanol–water partition coefficient (Wildman–Crippen LogP) is 4.24. The summed E-state index contributed by atoms with van der Waals surface area (Å²) in [6.45, 7) is 2.19. The summed E-state index contributed by atoms with van der Waals surface area (Å²) in [5, 5.41) is 14.5. The molecule has 2 N–H and O–H groups in total. The quantitative estimate of drug-likeness (QED) is 0.884. The SMILES string of the molecule is CCC[C@H]1[C@@H](c2ccccc2)N[C@H](c2ccccc2)C[C@@H]1O. The van der Waals surface area contributed by atoms with Crippen LogP contribution >= 0.6 is 0 Å².